The molecule has 1 aliphatic heterocycles. The highest BCUT2D eigenvalue weighted by molar-refractivity contribution is 7.09. The Morgan fingerprint density at radius 3 is 2.74 bits per heavy atom. The third-order valence-corrected chi connectivity index (χ3v) is 4.94. The molecule has 1 aromatic heterocycles. The van der Waals surface area contributed by atoms with Gasteiger partial charge in [-0.1, -0.05) is 6.92 Å². The van der Waals surface area contributed by atoms with Crippen LogP contribution in [-0.4, -0.2) is 48.2 Å². The third kappa shape index (κ3) is 4.82. The summed E-state index contributed by atoms with van der Waals surface area (Å²) in [7, 11) is 1.38. The first-order chi connectivity index (χ1) is 11.0. The number of amides is 3. The Hall–Kier alpha value is -1.83. The first kappa shape index (κ1) is 17.5. The van der Waals surface area contributed by atoms with Crippen molar-refractivity contribution in [2.75, 3.05) is 20.2 Å². The molecule has 0 aliphatic carbocycles. The summed E-state index contributed by atoms with van der Waals surface area (Å²) in [6.07, 6.45) is 2.06. The van der Waals surface area contributed by atoms with E-state index in [0.717, 1.165) is 30.0 Å². The maximum atomic E-state index is 12.1. The molecule has 0 saturated carbocycles. The van der Waals surface area contributed by atoms with Crippen molar-refractivity contribution in [3.63, 3.8) is 0 Å². The molecule has 0 radical (unpaired) electrons. The second-order valence-corrected chi connectivity index (χ2v) is 6.53. The van der Waals surface area contributed by atoms with Gasteiger partial charge in [0.05, 0.1) is 23.9 Å². The van der Waals surface area contributed by atoms with Crippen molar-refractivity contribution in [1.29, 1.82) is 0 Å². The molecule has 1 saturated heterocycles. The van der Waals surface area contributed by atoms with Crippen molar-refractivity contribution in [3.05, 3.63) is 16.1 Å². The van der Waals surface area contributed by atoms with E-state index >= 15 is 0 Å². The number of carbonyl (C=O) groups excluding carboxylic acids is 2. The minimum atomic E-state index is -0.309. The lowest BCUT2D eigenvalue weighted by atomic mass is 10.1. The van der Waals surface area contributed by atoms with E-state index in [0.29, 0.717) is 13.1 Å². The first-order valence-electron chi connectivity index (χ1n) is 7.87. The van der Waals surface area contributed by atoms with Gasteiger partial charge in [-0.25, -0.2) is 14.6 Å². The van der Waals surface area contributed by atoms with Gasteiger partial charge in [0.15, 0.2) is 0 Å². The second kappa shape index (κ2) is 8.14. The Bertz CT molecular complexity index is 541. The lowest BCUT2D eigenvalue weighted by molar-refractivity contribution is 0.110. The summed E-state index contributed by atoms with van der Waals surface area (Å²) in [6.45, 7) is 5.18. The van der Waals surface area contributed by atoms with Crippen LogP contribution in [0.1, 0.15) is 43.4 Å². The summed E-state index contributed by atoms with van der Waals surface area (Å²) < 4.78 is 4.70. The van der Waals surface area contributed by atoms with E-state index in [1.807, 2.05) is 12.3 Å². The number of piperidine rings is 1. The quantitative estimate of drug-likeness (QED) is 0.881. The molecule has 128 valence electrons. The van der Waals surface area contributed by atoms with E-state index in [-0.39, 0.29) is 24.2 Å². The van der Waals surface area contributed by atoms with E-state index < -0.39 is 0 Å². The van der Waals surface area contributed by atoms with Crippen LogP contribution in [0.25, 0.3) is 0 Å². The SMILES string of the molecule is CCc1nc([C@H](C)NC(=O)NC2CCN(C(=O)OC)CC2)cs1. The van der Waals surface area contributed by atoms with E-state index in [9.17, 15) is 9.59 Å². The molecule has 0 aromatic carbocycles. The number of nitrogens with zero attached hydrogens (tertiary/aromatic N) is 2. The molecule has 1 aromatic rings. The molecular formula is C15H24N4O3S. The van der Waals surface area contributed by atoms with Gasteiger partial charge in [0.25, 0.3) is 0 Å². The average Bonchev–Trinajstić information content (AvgIpc) is 3.04. The maximum absolute atomic E-state index is 12.1. The zero-order valence-corrected chi connectivity index (χ0v) is 14.6. The third-order valence-electron chi connectivity index (χ3n) is 3.93. The van der Waals surface area contributed by atoms with Gasteiger partial charge in [0, 0.05) is 24.5 Å². The first-order valence-corrected chi connectivity index (χ1v) is 8.75. The van der Waals surface area contributed by atoms with Crippen LogP contribution in [-0.2, 0) is 11.2 Å². The average molecular weight is 340 g/mol. The Labute approximate surface area is 140 Å². The summed E-state index contributed by atoms with van der Waals surface area (Å²) in [4.78, 5) is 29.7. The molecule has 1 fully saturated rings. The minimum absolute atomic E-state index is 0.0738. The highest BCUT2D eigenvalue weighted by Gasteiger charge is 2.24. The highest BCUT2D eigenvalue weighted by atomic mass is 32.1. The van der Waals surface area contributed by atoms with Crippen LogP contribution in [0.5, 0.6) is 0 Å². The van der Waals surface area contributed by atoms with Crippen LogP contribution in [0.4, 0.5) is 9.59 Å². The Morgan fingerprint density at radius 2 is 2.17 bits per heavy atom. The van der Waals surface area contributed by atoms with Gasteiger partial charge in [-0.15, -0.1) is 11.3 Å². The van der Waals surface area contributed by atoms with Gasteiger partial charge in [0.1, 0.15) is 0 Å². The van der Waals surface area contributed by atoms with Crippen LogP contribution < -0.4 is 10.6 Å². The number of hydrogen-bond acceptors (Lipinski definition) is 5. The molecule has 1 atom stereocenters. The molecular weight excluding hydrogens is 316 g/mol. The lowest BCUT2D eigenvalue weighted by Gasteiger charge is -2.31. The number of hydrogen-bond donors (Lipinski definition) is 2. The Balaban J connectivity index is 1.76. The van der Waals surface area contributed by atoms with Gasteiger partial charge in [0.2, 0.25) is 0 Å². The van der Waals surface area contributed by atoms with Crippen LogP contribution in [0.2, 0.25) is 0 Å². The normalized spacial score (nSPS) is 16.7. The molecule has 0 bridgehead atoms. The standard InChI is InChI=1S/C15H24N4O3S/c1-4-13-18-12(9-23-13)10(2)16-14(20)17-11-5-7-19(8-6-11)15(21)22-3/h9-11H,4-8H2,1-3H3,(H2,16,17,20)/t10-/m0/s1. The molecule has 23 heavy (non-hydrogen) atoms. The van der Waals surface area contributed by atoms with Crippen LogP contribution >= 0.6 is 11.3 Å². The molecule has 2 N–H and O–H groups in total. The second-order valence-electron chi connectivity index (χ2n) is 5.59. The lowest BCUT2D eigenvalue weighted by Crippen LogP contribution is -2.49. The largest absolute Gasteiger partial charge is 0.453 e. The van der Waals surface area contributed by atoms with E-state index in [2.05, 4.69) is 22.5 Å². The maximum Gasteiger partial charge on any atom is 0.409 e. The van der Waals surface area contributed by atoms with Crippen molar-refractivity contribution in [3.8, 4) is 0 Å². The van der Waals surface area contributed by atoms with E-state index in [1.165, 1.54) is 7.11 Å². The fourth-order valence-corrected chi connectivity index (χ4v) is 3.36. The molecule has 1 aliphatic rings. The van der Waals surface area contributed by atoms with Gasteiger partial charge in [-0.3, -0.25) is 0 Å². The van der Waals surface area contributed by atoms with Crippen LogP contribution in [0.3, 0.4) is 0 Å². The number of likely N-dealkylation sites (tertiary alicyclic amines) is 1. The number of thiazole rings is 1. The van der Waals surface area contributed by atoms with Crippen molar-refractivity contribution < 1.29 is 14.3 Å². The summed E-state index contributed by atoms with van der Waals surface area (Å²) in [5.41, 5.74) is 0.891. The topological polar surface area (TPSA) is 83.6 Å². The highest BCUT2D eigenvalue weighted by Crippen LogP contribution is 2.17. The molecule has 2 heterocycles. The predicted octanol–water partition coefficient (Wildman–Crippen LogP) is 2.30. The molecule has 3 amide bonds. The Morgan fingerprint density at radius 1 is 1.48 bits per heavy atom. The van der Waals surface area contributed by atoms with E-state index in [1.54, 1.807) is 16.2 Å². The van der Waals surface area contributed by atoms with Crippen LogP contribution in [0.15, 0.2) is 5.38 Å². The van der Waals surface area contributed by atoms with Crippen molar-refractivity contribution in [1.82, 2.24) is 20.5 Å². The van der Waals surface area contributed by atoms with Crippen molar-refractivity contribution >= 4 is 23.5 Å². The monoisotopic (exact) mass is 340 g/mol. The summed E-state index contributed by atoms with van der Waals surface area (Å²) in [5, 5.41) is 8.94. The smallest absolute Gasteiger partial charge is 0.409 e. The zero-order valence-electron chi connectivity index (χ0n) is 13.8. The van der Waals surface area contributed by atoms with Gasteiger partial charge in [-0.2, -0.15) is 0 Å². The number of nitrogens with one attached hydrogen (secondary N) is 2. The molecule has 0 spiro atoms. The van der Waals surface area contributed by atoms with Gasteiger partial charge >= 0.3 is 12.1 Å². The van der Waals surface area contributed by atoms with E-state index in [4.69, 9.17) is 4.74 Å². The van der Waals surface area contributed by atoms with Gasteiger partial charge < -0.3 is 20.3 Å². The fourth-order valence-electron chi connectivity index (χ4n) is 2.52. The minimum Gasteiger partial charge on any atom is -0.453 e. The summed E-state index contributed by atoms with van der Waals surface area (Å²) >= 11 is 1.61. The Kier molecular flexibility index (Phi) is 6.20. The number of urea groups is 1. The number of aryl methyl sites for hydroxylation is 1. The molecule has 2 rings (SSSR count). The number of methoxy groups -OCH3 is 1. The summed E-state index contributed by atoms with van der Waals surface area (Å²) in [6, 6.07) is -0.244. The molecule has 0 unspecified atom stereocenters. The predicted molar refractivity (Wildman–Crippen MR) is 88.6 cm³/mol. The summed E-state index contributed by atoms with van der Waals surface area (Å²) in [5.74, 6) is 0. The number of rotatable bonds is 4. The van der Waals surface area contributed by atoms with Crippen molar-refractivity contribution in [2.24, 2.45) is 0 Å². The zero-order chi connectivity index (χ0) is 16.8. The molecule has 7 nitrogen and oxygen atoms in total. The van der Waals surface area contributed by atoms with Crippen LogP contribution in [0, 0.1) is 0 Å². The molecule has 8 heteroatoms. The fraction of sp³-hybridized carbons (Fsp3) is 0.667. The van der Waals surface area contributed by atoms with Crippen molar-refractivity contribution in [2.45, 2.75) is 45.2 Å². The number of carbonyl (C=O) groups is 2. The van der Waals surface area contributed by atoms with Gasteiger partial charge in [-0.05, 0) is 26.2 Å². The number of aromatic nitrogens is 1. The number of ether oxygens (including phenoxy) is 1.